The Balaban J connectivity index is 2.00. The SMILES string of the molecule is CN(C)c1ccc2[nH]c(C(O)c3ccccc3)nc2n1. The Morgan fingerprint density at radius 2 is 1.80 bits per heavy atom. The van der Waals surface area contributed by atoms with Gasteiger partial charge in [-0.3, -0.25) is 0 Å². The molecule has 1 atom stereocenters. The van der Waals surface area contributed by atoms with E-state index in [1.54, 1.807) is 0 Å². The molecule has 5 heteroatoms. The van der Waals surface area contributed by atoms with Gasteiger partial charge in [-0.05, 0) is 17.7 Å². The van der Waals surface area contributed by atoms with E-state index >= 15 is 0 Å². The maximum atomic E-state index is 10.3. The number of nitrogens with one attached hydrogen (secondary N) is 1. The summed E-state index contributed by atoms with van der Waals surface area (Å²) in [5, 5.41) is 10.3. The van der Waals surface area contributed by atoms with Gasteiger partial charge in [-0.25, -0.2) is 9.97 Å². The summed E-state index contributed by atoms with van der Waals surface area (Å²) in [7, 11) is 3.86. The summed E-state index contributed by atoms with van der Waals surface area (Å²) in [6.45, 7) is 0. The van der Waals surface area contributed by atoms with Crippen LogP contribution in [0, 0.1) is 0 Å². The molecule has 0 radical (unpaired) electrons. The van der Waals surface area contributed by atoms with Crippen molar-refractivity contribution in [1.82, 2.24) is 15.0 Å². The lowest BCUT2D eigenvalue weighted by molar-refractivity contribution is 0.211. The molecule has 3 aromatic rings. The fourth-order valence-corrected chi connectivity index (χ4v) is 2.07. The van der Waals surface area contributed by atoms with Gasteiger partial charge in [0.2, 0.25) is 0 Å². The average Bonchev–Trinajstić information content (AvgIpc) is 2.90. The molecule has 0 aliphatic carbocycles. The number of hydrogen-bond acceptors (Lipinski definition) is 4. The van der Waals surface area contributed by atoms with Crippen LogP contribution in [0.15, 0.2) is 42.5 Å². The smallest absolute Gasteiger partial charge is 0.179 e. The Morgan fingerprint density at radius 1 is 1.05 bits per heavy atom. The number of rotatable bonds is 3. The van der Waals surface area contributed by atoms with Crippen LogP contribution in [0.2, 0.25) is 0 Å². The highest BCUT2D eigenvalue weighted by molar-refractivity contribution is 5.73. The van der Waals surface area contributed by atoms with Crippen LogP contribution >= 0.6 is 0 Å². The highest BCUT2D eigenvalue weighted by Crippen LogP contribution is 2.22. The third-order valence-corrected chi connectivity index (χ3v) is 3.18. The summed E-state index contributed by atoms with van der Waals surface area (Å²) in [4.78, 5) is 13.9. The van der Waals surface area contributed by atoms with Crippen molar-refractivity contribution >= 4 is 17.0 Å². The molecule has 0 aliphatic heterocycles. The standard InChI is InChI=1S/C15H16N4O/c1-19(2)12-9-8-11-14(17-12)18-15(16-11)13(20)10-6-4-3-5-7-10/h3-9,13,20H,1-2H3,(H,16,17,18). The van der Waals surface area contributed by atoms with Crippen LogP contribution in [-0.2, 0) is 0 Å². The summed E-state index contributed by atoms with van der Waals surface area (Å²) in [6.07, 6.45) is -0.770. The number of nitrogens with zero attached hydrogens (tertiary/aromatic N) is 3. The molecule has 1 unspecified atom stereocenters. The minimum Gasteiger partial charge on any atom is -0.380 e. The Labute approximate surface area is 116 Å². The fraction of sp³-hybridized carbons (Fsp3) is 0.200. The number of imidazole rings is 1. The van der Waals surface area contributed by atoms with Gasteiger partial charge in [0.25, 0.3) is 0 Å². The molecule has 0 fully saturated rings. The summed E-state index contributed by atoms with van der Waals surface area (Å²) in [5.41, 5.74) is 2.24. The molecule has 3 rings (SSSR count). The zero-order valence-electron chi connectivity index (χ0n) is 11.4. The number of aliphatic hydroxyl groups is 1. The molecule has 0 saturated carbocycles. The fourth-order valence-electron chi connectivity index (χ4n) is 2.07. The van der Waals surface area contributed by atoms with Crippen LogP contribution in [0.5, 0.6) is 0 Å². The van der Waals surface area contributed by atoms with Crippen molar-refractivity contribution in [2.75, 3.05) is 19.0 Å². The first-order valence-corrected chi connectivity index (χ1v) is 6.42. The van der Waals surface area contributed by atoms with Crippen molar-refractivity contribution in [3.63, 3.8) is 0 Å². The number of aromatic nitrogens is 3. The van der Waals surface area contributed by atoms with Crippen molar-refractivity contribution in [3.05, 3.63) is 53.9 Å². The molecule has 102 valence electrons. The number of aliphatic hydroxyl groups excluding tert-OH is 1. The topological polar surface area (TPSA) is 65.0 Å². The highest BCUT2D eigenvalue weighted by Gasteiger charge is 2.15. The Bertz CT molecular complexity index is 721. The molecule has 0 aliphatic rings. The zero-order chi connectivity index (χ0) is 14.1. The first-order valence-electron chi connectivity index (χ1n) is 6.42. The Hall–Kier alpha value is -2.40. The van der Waals surface area contributed by atoms with Crippen molar-refractivity contribution in [3.8, 4) is 0 Å². The number of fused-ring (bicyclic) bond motifs is 1. The van der Waals surface area contributed by atoms with E-state index < -0.39 is 6.10 Å². The average molecular weight is 268 g/mol. The second-order valence-electron chi connectivity index (χ2n) is 4.87. The maximum absolute atomic E-state index is 10.3. The Morgan fingerprint density at radius 3 is 2.50 bits per heavy atom. The predicted octanol–water partition coefficient (Wildman–Crippen LogP) is 2.11. The van der Waals surface area contributed by atoms with Gasteiger partial charge < -0.3 is 15.0 Å². The molecular formula is C15H16N4O. The van der Waals surface area contributed by atoms with Crippen molar-refractivity contribution < 1.29 is 5.11 Å². The normalized spacial score (nSPS) is 12.6. The number of aromatic amines is 1. The van der Waals surface area contributed by atoms with Crippen molar-refractivity contribution in [2.24, 2.45) is 0 Å². The first kappa shape index (κ1) is 12.6. The van der Waals surface area contributed by atoms with E-state index in [0.29, 0.717) is 11.5 Å². The van der Waals surface area contributed by atoms with E-state index in [1.165, 1.54) is 0 Å². The Kier molecular flexibility index (Phi) is 3.12. The van der Waals surface area contributed by atoms with Gasteiger partial charge in [0, 0.05) is 14.1 Å². The molecule has 2 N–H and O–H groups in total. The number of pyridine rings is 1. The molecule has 20 heavy (non-hydrogen) atoms. The third kappa shape index (κ3) is 2.23. The first-order chi connectivity index (χ1) is 9.65. The molecule has 0 saturated heterocycles. The van der Waals surface area contributed by atoms with Crippen LogP contribution in [0.3, 0.4) is 0 Å². The van der Waals surface area contributed by atoms with Gasteiger partial charge in [0.1, 0.15) is 17.7 Å². The molecule has 2 heterocycles. The van der Waals surface area contributed by atoms with E-state index in [1.807, 2.05) is 61.5 Å². The quantitative estimate of drug-likeness (QED) is 0.763. The van der Waals surface area contributed by atoms with Crippen LogP contribution in [0.25, 0.3) is 11.2 Å². The monoisotopic (exact) mass is 268 g/mol. The molecule has 0 spiro atoms. The van der Waals surface area contributed by atoms with Crippen LogP contribution in [0.1, 0.15) is 17.5 Å². The summed E-state index contributed by atoms with van der Waals surface area (Å²) >= 11 is 0. The number of hydrogen-bond donors (Lipinski definition) is 2. The van der Waals surface area contributed by atoms with E-state index in [9.17, 15) is 5.11 Å². The summed E-state index contributed by atoms with van der Waals surface area (Å²) in [6, 6.07) is 13.3. The van der Waals surface area contributed by atoms with Gasteiger partial charge in [0.15, 0.2) is 5.65 Å². The summed E-state index contributed by atoms with van der Waals surface area (Å²) < 4.78 is 0. The molecule has 1 aromatic carbocycles. The summed E-state index contributed by atoms with van der Waals surface area (Å²) in [5.74, 6) is 1.35. The van der Waals surface area contributed by atoms with Crippen LogP contribution in [-0.4, -0.2) is 34.2 Å². The molecule has 0 bridgehead atoms. The van der Waals surface area contributed by atoms with E-state index in [2.05, 4.69) is 15.0 Å². The molecule has 0 amide bonds. The maximum Gasteiger partial charge on any atom is 0.179 e. The second kappa shape index (κ2) is 4.94. The van der Waals surface area contributed by atoms with Gasteiger partial charge in [-0.1, -0.05) is 30.3 Å². The second-order valence-corrected chi connectivity index (χ2v) is 4.87. The molecular weight excluding hydrogens is 252 g/mol. The van der Waals surface area contributed by atoms with Crippen LogP contribution in [0.4, 0.5) is 5.82 Å². The zero-order valence-corrected chi connectivity index (χ0v) is 11.4. The number of benzene rings is 1. The third-order valence-electron chi connectivity index (χ3n) is 3.18. The van der Waals surface area contributed by atoms with Crippen molar-refractivity contribution in [2.45, 2.75) is 6.10 Å². The lowest BCUT2D eigenvalue weighted by Gasteiger charge is -2.09. The van der Waals surface area contributed by atoms with Gasteiger partial charge in [0.05, 0.1) is 5.52 Å². The van der Waals surface area contributed by atoms with E-state index in [0.717, 1.165) is 16.9 Å². The minimum absolute atomic E-state index is 0.509. The lowest BCUT2D eigenvalue weighted by atomic mass is 10.1. The van der Waals surface area contributed by atoms with Crippen molar-refractivity contribution in [1.29, 1.82) is 0 Å². The van der Waals surface area contributed by atoms with Crippen LogP contribution < -0.4 is 4.90 Å². The lowest BCUT2D eigenvalue weighted by Crippen LogP contribution is -2.10. The van der Waals surface area contributed by atoms with E-state index in [4.69, 9.17) is 0 Å². The number of H-pyrrole nitrogens is 1. The van der Waals surface area contributed by atoms with Gasteiger partial charge >= 0.3 is 0 Å². The largest absolute Gasteiger partial charge is 0.380 e. The number of anilines is 1. The van der Waals surface area contributed by atoms with Gasteiger partial charge in [-0.2, -0.15) is 0 Å². The van der Waals surface area contributed by atoms with E-state index in [-0.39, 0.29) is 0 Å². The predicted molar refractivity (Wildman–Crippen MR) is 78.7 cm³/mol. The van der Waals surface area contributed by atoms with Gasteiger partial charge in [-0.15, -0.1) is 0 Å². The highest BCUT2D eigenvalue weighted by atomic mass is 16.3. The molecule has 2 aromatic heterocycles. The molecule has 5 nitrogen and oxygen atoms in total. The minimum atomic E-state index is -0.770.